The first kappa shape index (κ1) is 25.8. The fourth-order valence-electron chi connectivity index (χ4n) is 3.46. The summed E-state index contributed by atoms with van der Waals surface area (Å²) in [4.78, 5) is 28.9. The van der Waals surface area contributed by atoms with Gasteiger partial charge in [0.05, 0.1) is 22.9 Å². The summed E-state index contributed by atoms with van der Waals surface area (Å²) in [6, 6.07) is 4.98. The molecule has 182 valence electrons. The van der Waals surface area contributed by atoms with Crippen LogP contribution < -0.4 is 5.32 Å². The molecule has 2 atom stereocenters. The van der Waals surface area contributed by atoms with E-state index in [-0.39, 0.29) is 16.8 Å². The van der Waals surface area contributed by atoms with E-state index in [1.807, 2.05) is 0 Å². The van der Waals surface area contributed by atoms with Crippen molar-refractivity contribution < 1.29 is 36.7 Å². The van der Waals surface area contributed by atoms with Crippen molar-refractivity contribution in [2.45, 2.75) is 38.1 Å². The number of rotatable bonds is 5. The molecule has 0 aliphatic carbocycles. The summed E-state index contributed by atoms with van der Waals surface area (Å²) >= 11 is 11.4. The third-order valence-electron chi connectivity index (χ3n) is 5.34. The molecule has 1 aliphatic rings. The number of benzene rings is 2. The molecule has 0 radical (unpaired) electrons. The molecule has 1 N–H and O–H groups in total. The van der Waals surface area contributed by atoms with Gasteiger partial charge in [0.1, 0.15) is 6.04 Å². The van der Waals surface area contributed by atoms with Crippen molar-refractivity contribution in [2.24, 2.45) is 5.16 Å². The number of esters is 1. The first-order chi connectivity index (χ1) is 15.8. The highest BCUT2D eigenvalue weighted by Crippen LogP contribution is 2.50. The number of aryl methyl sites for hydroxylation is 1. The number of alkyl halides is 3. The Morgan fingerprint density at radius 2 is 1.82 bits per heavy atom. The summed E-state index contributed by atoms with van der Waals surface area (Å²) < 4.78 is 60.8. The van der Waals surface area contributed by atoms with Crippen molar-refractivity contribution in [2.75, 3.05) is 7.11 Å². The average Bonchev–Trinajstić information content (AvgIpc) is 3.23. The number of nitrogens with one attached hydrogen (secondary N) is 1. The minimum absolute atomic E-state index is 0.0492. The van der Waals surface area contributed by atoms with Gasteiger partial charge in [-0.1, -0.05) is 34.4 Å². The van der Waals surface area contributed by atoms with Crippen LogP contribution in [0.1, 0.15) is 40.4 Å². The van der Waals surface area contributed by atoms with Crippen molar-refractivity contribution in [3.8, 4) is 0 Å². The number of oxime groups is 1. The monoisotopic (exact) mass is 520 g/mol. The number of carbonyl (C=O) groups is 2. The maximum atomic E-state index is 14.2. The van der Waals surface area contributed by atoms with E-state index in [1.165, 1.54) is 32.2 Å². The summed E-state index contributed by atoms with van der Waals surface area (Å²) in [6.45, 7) is 3.02. The van der Waals surface area contributed by atoms with Gasteiger partial charge in [0.2, 0.25) is 0 Å². The maximum Gasteiger partial charge on any atom is 0.435 e. The van der Waals surface area contributed by atoms with Gasteiger partial charge in [-0.3, -0.25) is 4.79 Å². The van der Waals surface area contributed by atoms with Gasteiger partial charge >= 0.3 is 12.1 Å². The van der Waals surface area contributed by atoms with Crippen LogP contribution in [0.4, 0.5) is 17.6 Å². The van der Waals surface area contributed by atoms with Crippen LogP contribution in [0.5, 0.6) is 0 Å². The number of hydrogen-bond donors (Lipinski definition) is 1. The van der Waals surface area contributed by atoms with Crippen LogP contribution in [0.3, 0.4) is 0 Å². The lowest BCUT2D eigenvalue weighted by atomic mass is 9.86. The first-order valence-electron chi connectivity index (χ1n) is 9.77. The van der Waals surface area contributed by atoms with Crippen molar-refractivity contribution in [3.63, 3.8) is 0 Å². The lowest BCUT2D eigenvalue weighted by Gasteiger charge is -2.29. The molecule has 0 spiro atoms. The lowest BCUT2D eigenvalue weighted by molar-refractivity contribution is -0.275. The van der Waals surface area contributed by atoms with Crippen molar-refractivity contribution >= 4 is 40.8 Å². The molecule has 1 heterocycles. The van der Waals surface area contributed by atoms with Crippen LogP contribution in [0, 0.1) is 12.7 Å². The minimum Gasteiger partial charge on any atom is -0.467 e. The van der Waals surface area contributed by atoms with E-state index < -0.39 is 57.5 Å². The number of nitrogens with zero attached hydrogens (tertiary/aromatic N) is 1. The molecule has 1 amide bonds. The van der Waals surface area contributed by atoms with E-state index in [4.69, 9.17) is 28.0 Å². The third kappa shape index (κ3) is 4.69. The van der Waals surface area contributed by atoms with Crippen molar-refractivity contribution in [1.29, 1.82) is 0 Å². The first-order valence-corrected chi connectivity index (χ1v) is 10.5. The van der Waals surface area contributed by atoms with Crippen molar-refractivity contribution in [1.82, 2.24) is 5.32 Å². The van der Waals surface area contributed by atoms with Gasteiger partial charge in [0.25, 0.3) is 11.5 Å². The zero-order valence-electron chi connectivity index (χ0n) is 18.0. The third-order valence-corrected chi connectivity index (χ3v) is 5.89. The molecule has 2 aromatic carbocycles. The van der Waals surface area contributed by atoms with Crippen LogP contribution in [-0.2, 0) is 20.0 Å². The lowest BCUT2D eigenvalue weighted by Crippen LogP contribution is -2.42. The number of methoxy groups -OCH3 is 1. The molecule has 1 unspecified atom stereocenters. The quantitative estimate of drug-likeness (QED) is 0.329. The minimum atomic E-state index is -4.94. The topological polar surface area (TPSA) is 77.0 Å². The Morgan fingerprint density at radius 3 is 2.35 bits per heavy atom. The van der Waals surface area contributed by atoms with Crippen LogP contribution in [-0.4, -0.2) is 36.9 Å². The second-order valence-corrected chi connectivity index (χ2v) is 8.45. The van der Waals surface area contributed by atoms with Crippen LogP contribution >= 0.6 is 23.2 Å². The fraction of sp³-hybridized carbons (Fsp3) is 0.318. The molecule has 3 rings (SSSR count). The summed E-state index contributed by atoms with van der Waals surface area (Å²) in [6.07, 6.45) is -5.68. The van der Waals surface area contributed by atoms with E-state index in [9.17, 15) is 27.2 Å². The highest BCUT2D eigenvalue weighted by molar-refractivity contribution is 6.35. The Hall–Kier alpha value is -2.85. The van der Waals surface area contributed by atoms with E-state index >= 15 is 0 Å². The van der Waals surface area contributed by atoms with Crippen LogP contribution in [0.25, 0.3) is 0 Å². The Labute approximate surface area is 201 Å². The highest BCUT2D eigenvalue weighted by Gasteiger charge is 2.62. The smallest absolute Gasteiger partial charge is 0.435 e. The number of halogens is 6. The molecule has 0 aromatic heterocycles. The number of amides is 1. The summed E-state index contributed by atoms with van der Waals surface area (Å²) in [5.74, 6) is -2.24. The van der Waals surface area contributed by atoms with Gasteiger partial charge in [-0.05, 0) is 49.2 Å². The number of ether oxygens (including phenoxy) is 1. The average molecular weight is 521 g/mol. The maximum absolute atomic E-state index is 14.2. The highest BCUT2D eigenvalue weighted by atomic mass is 35.5. The molecule has 12 heteroatoms. The molecule has 0 bridgehead atoms. The molecule has 6 nitrogen and oxygen atoms in total. The molecule has 2 aromatic rings. The normalized spacial score (nSPS) is 18.7. The van der Waals surface area contributed by atoms with Gasteiger partial charge in [-0.15, -0.1) is 0 Å². The van der Waals surface area contributed by atoms with Gasteiger partial charge in [-0.25, -0.2) is 9.18 Å². The zero-order valence-corrected chi connectivity index (χ0v) is 19.5. The second-order valence-electron chi connectivity index (χ2n) is 7.63. The van der Waals surface area contributed by atoms with E-state index in [1.54, 1.807) is 6.92 Å². The molecule has 0 saturated carbocycles. The Kier molecular flexibility index (Phi) is 7.14. The van der Waals surface area contributed by atoms with E-state index in [2.05, 4.69) is 15.2 Å². The molecule has 0 saturated heterocycles. The van der Waals surface area contributed by atoms with Crippen molar-refractivity contribution in [3.05, 3.63) is 68.4 Å². The van der Waals surface area contributed by atoms with Crippen LogP contribution in [0.2, 0.25) is 10.0 Å². The molecule has 0 fully saturated rings. The standard InChI is InChI=1S/C22H18Cl2F4N2O4/c1-10-6-12(4-5-14(10)19(31)29-11(2)20(32)33-3)17-9-21(34-30-17,22(26,27)28)13-7-15(23)18(25)16(24)8-13/h4-8,11H,9H2,1-3H3,(H,29,31)/t11-,21?/m1/s1. The summed E-state index contributed by atoms with van der Waals surface area (Å²) in [5.41, 5.74) is -2.57. The summed E-state index contributed by atoms with van der Waals surface area (Å²) in [5, 5.41) is 4.94. The SMILES string of the molecule is COC(=O)[C@@H](C)NC(=O)c1ccc(C2=NOC(c3cc(Cl)c(F)c(Cl)c3)(C(F)(F)F)C2)cc1C. The largest absolute Gasteiger partial charge is 0.467 e. The molecule has 1 aliphatic heterocycles. The van der Waals surface area contributed by atoms with E-state index in [0.29, 0.717) is 5.56 Å². The summed E-state index contributed by atoms with van der Waals surface area (Å²) in [7, 11) is 1.18. The predicted molar refractivity (Wildman–Crippen MR) is 117 cm³/mol. The number of hydrogen-bond acceptors (Lipinski definition) is 5. The van der Waals surface area contributed by atoms with Gasteiger partial charge in [-0.2, -0.15) is 13.2 Å². The number of carbonyl (C=O) groups excluding carboxylic acids is 2. The predicted octanol–water partition coefficient (Wildman–Crippen LogP) is 5.31. The molecular formula is C22H18Cl2F4N2O4. The molecular weight excluding hydrogens is 503 g/mol. The Morgan fingerprint density at radius 1 is 1.21 bits per heavy atom. The Balaban J connectivity index is 1.90. The Bertz CT molecular complexity index is 1160. The van der Waals surface area contributed by atoms with Gasteiger partial charge in [0, 0.05) is 17.5 Å². The zero-order chi connectivity index (χ0) is 25.4. The molecule has 34 heavy (non-hydrogen) atoms. The van der Waals surface area contributed by atoms with Crippen LogP contribution in [0.15, 0.2) is 35.5 Å². The second kappa shape index (κ2) is 9.42. The fourth-order valence-corrected chi connectivity index (χ4v) is 3.94. The van der Waals surface area contributed by atoms with E-state index in [0.717, 1.165) is 12.1 Å². The van der Waals surface area contributed by atoms with Gasteiger partial charge in [0.15, 0.2) is 5.82 Å². The van der Waals surface area contributed by atoms with Gasteiger partial charge < -0.3 is 14.9 Å².